The molecule has 1 aromatic carbocycles. The van der Waals surface area contributed by atoms with Gasteiger partial charge in [-0.25, -0.2) is 0 Å². The minimum Gasteiger partial charge on any atom is -0.378 e. The number of morpholine rings is 2. The topological polar surface area (TPSA) is 42.0 Å². The van der Waals surface area contributed by atoms with Gasteiger partial charge in [-0.3, -0.25) is 4.79 Å². The molecular weight excluding hydrogens is 348 g/mol. The van der Waals surface area contributed by atoms with Gasteiger partial charge < -0.3 is 19.3 Å². The van der Waals surface area contributed by atoms with E-state index in [4.69, 9.17) is 9.47 Å². The Hall–Kier alpha value is -1.89. The van der Waals surface area contributed by atoms with Crippen molar-refractivity contribution < 1.29 is 14.3 Å². The van der Waals surface area contributed by atoms with Crippen LogP contribution in [0.25, 0.3) is 11.1 Å². The minimum atomic E-state index is 0.0972. The molecule has 138 valence electrons. The summed E-state index contributed by atoms with van der Waals surface area (Å²) in [5.41, 5.74) is 2.29. The molecular formula is C20H24N2O3S. The molecule has 3 heterocycles. The van der Waals surface area contributed by atoms with Crippen molar-refractivity contribution in [2.75, 3.05) is 50.9 Å². The zero-order chi connectivity index (χ0) is 17.9. The number of anilines is 1. The monoisotopic (exact) mass is 372 g/mol. The molecule has 0 saturated carbocycles. The second-order valence-electron chi connectivity index (χ2n) is 6.73. The molecule has 2 aliphatic rings. The molecule has 0 unspecified atom stereocenters. The Morgan fingerprint density at radius 1 is 1.12 bits per heavy atom. The average molecular weight is 372 g/mol. The standard InChI is InChI=1S/C20H24N2O3S/c1-15-14-22(9-12-25-15)19(23)18-13-17(16-5-3-2-4-6-16)20(26-18)21-7-10-24-11-8-21/h2-6,13,15H,7-12,14H2,1H3/t15-/m1/s1. The lowest BCUT2D eigenvalue weighted by Crippen LogP contribution is -2.44. The van der Waals surface area contributed by atoms with Crippen molar-refractivity contribution >= 4 is 22.2 Å². The molecule has 26 heavy (non-hydrogen) atoms. The lowest BCUT2D eigenvalue weighted by atomic mass is 10.1. The summed E-state index contributed by atoms with van der Waals surface area (Å²) < 4.78 is 11.1. The van der Waals surface area contributed by atoms with E-state index in [2.05, 4.69) is 23.1 Å². The fraction of sp³-hybridized carbons (Fsp3) is 0.450. The Labute approximate surface area is 158 Å². The number of thiophene rings is 1. The van der Waals surface area contributed by atoms with Crippen LogP contribution in [0.1, 0.15) is 16.6 Å². The number of amides is 1. The third kappa shape index (κ3) is 3.63. The van der Waals surface area contributed by atoms with Crippen molar-refractivity contribution in [1.29, 1.82) is 0 Å². The van der Waals surface area contributed by atoms with E-state index in [0.717, 1.165) is 42.3 Å². The molecule has 6 heteroatoms. The maximum Gasteiger partial charge on any atom is 0.264 e. The predicted octanol–water partition coefficient (Wildman–Crippen LogP) is 3.11. The molecule has 2 saturated heterocycles. The van der Waals surface area contributed by atoms with Gasteiger partial charge in [0.15, 0.2) is 0 Å². The Bertz CT molecular complexity index is 756. The maximum absolute atomic E-state index is 13.1. The Morgan fingerprint density at radius 3 is 2.62 bits per heavy atom. The number of rotatable bonds is 3. The minimum absolute atomic E-state index is 0.0972. The number of carbonyl (C=O) groups excluding carboxylic acids is 1. The van der Waals surface area contributed by atoms with Crippen LogP contribution in [-0.2, 0) is 9.47 Å². The second-order valence-corrected chi connectivity index (χ2v) is 7.76. The summed E-state index contributed by atoms with van der Waals surface area (Å²) in [7, 11) is 0. The zero-order valence-corrected chi connectivity index (χ0v) is 15.8. The number of hydrogen-bond acceptors (Lipinski definition) is 5. The highest BCUT2D eigenvalue weighted by molar-refractivity contribution is 7.18. The van der Waals surface area contributed by atoms with Gasteiger partial charge in [0.2, 0.25) is 0 Å². The molecule has 0 aliphatic carbocycles. The molecule has 4 rings (SSSR count). The Balaban J connectivity index is 1.67. The Kier molecular flexibility index (Phi) is 5.24. The summed E-state index contributed by atoms with van der Waals surface area (Å²) in [5, 5.41) is 1.17. The second kappa shape index (κ2) is 7.78. The van der Waals surface area contributed by atoms with Gasteiger partial charge in [0.05, 0.1) is 35.8 Å². The highest BCUT2D eigenvalue weighted by Gasteiger charge is 2.27. The first kappa shape index (κ1) is 17.5. The van der Waals surface area contributed by atoms with E-state index in [1.165, 1.54) is 5.00 Å². The van der Waals surface area contributed by atoms with E-state index < -0.39 is 0 Å². The molecule has 5 nitrogen and oxygen atoms in total. The van der Waals surface area contributed by atoms with Crippen molar-refractivity contribution in [2.45, 2.75) is 13.0 Å². The smallest absolute Gasteiger partial charge is 0.264 e. The summed E-state index contributed by atoms with van der Waals surface area (Å²) in [6.07, 6.45) is 0.0972. The van der Waals surface area contributed by atoms with Crippen molar-refractivity contribution in [3.05, 3.63) is 41.3 Å². The normalized spacial score (nSPS) is 21.0. The highest BCUT2D eigenvalue weighted by atomic mass is 32.1. The van der Waals surface area contributed by atoms with E-state index in [1.54, 1.807) is 11.3 Å². The summed E-state index contributed by atoms with van der Waals surface area (Å²) in [5.74, 6) is 0.113. The first-order valence-electron chi connectivity index (χ1n) is 9.15. The van der Waals surface area contributed by atoms with Gasteiger partial charge in [0, 0.05) is 31.7 Å². The van der Waals surface area contributed by atoms with E-state index in [9.17, 15) is 4.79 Å². The van der Waals surface area contributed by atoms with Gasteiger partial charge >= 0.3 is 0 Å². The van der Waals surface area contributed by atoms with Crippen LogP contribution in [0.5, 0.6) is 0 Å². The molecule has 0 bridgehead atoms. The van der Waals surface area contributed by atoms with Gasteiger partial charge in [-0.05, 0) is 18.6 Å². The molecule has 2 aromatic rings. The summed E-state index contributed by atoms with van der Waals surface area (Å²) >= 11 is 1.60. The van der Waals surface area contributed by atoms with E-state index in [1.807, 2.05) is 30.0 Å². The van der Waals surface area contributed by atoms with E-state index in [-0.39, 0.29) is 12.0 Å². The van der Waals surface area contributed by atoms with Gasteiger partial charge in [0.1, 0.15) is 0 Å². The first-order chi connectivity index (χ1) is 12.7. The maximum atomic E-state index is 13.1. The Morgan fingerprint density at radius 2 is 1.88 bits per heavy atom. The van der Waals surface area contributed by atoms with Crippen LogP contribution in [0, 0.1) is 0 Å². The van der Waals surface area contributed by atoms with Crippen LogP contribution < -0.4 is 4.90 Å². The van der Waals surface area contributed by atoms with E-state index >= 15 is 0 Å². The predicted molar refractivity (Wildman–Crippen MR) is 104 cm³/mol. The van der Waals surface area contributed by atoms with Crippen LogP contribution in [0.3, 0.4) is 0 Å². The number of ether oxygens (including phenoxy) is 2. The third-order valence-electron chi connectivity index (χ3n) is 4.83. The largest absolute Gasteiger partial charge is 0.378 e. The summed E-state index contributed by atoms with van der Waals surface area (Å²) in [4.78, 5) is 18.1. The van der Waals surface area contributed by atoms with Crippen LogP contribution >= 0.6 is 11.3 Å². The molecule has 0 radical (unpaired) electrons. The molecule has 2 fully saturated rings. The fourth-order valence-corrected chi connectivity index (χ4v) is 4.67. The van der Waals surface area contributed by atoms with Gasteiger partial charge in [-0.1, -0.05) is 30.3 Å². The summed E-state index contributed by atoms with van der Waals surface area (Å²) in [6.45, 7) is 7.14. The lowest BCUT2D eigenvalue weighted by molar-refractivity contribution is -0.0122. The number of benzene rings is 1. The number of nitrogens with zero attached hydrogens (tertiary/aromatic N) is 2. The van der Waals surface area contributed by atoms with Gasteiger partial charge in [0.25, 0.3) is 5.91 Å². The van der Waals surface area contributed by atoms with Gasteiger partial charge in [-0.2, -0.15) is 0 Å². The van der Waals surface area contributed by atoms with Gasteiger partial charge in [-0.15, -0.1) is 11.3 Å². The quantitative estimate of drug-likeness (QED) is 0.830. The van der Waals surface area contributed by atoms with Crippen LogP contribution in [0.2, 0.25) is 0 Å². The molecule has 0 N–H and O–H groups in total. The SMILES string of the molecule is C[C@@H]1CN(C(=O)c2cc(-c3ccccc3)c(N3CCOCC3)s2)CCO1. The van der Waals surface area contributed by atoms with Crippen LogP contribution in [0.4, 0.5) is 5.00 Å². The van der Waals surface area contributed by atoms with Crippen molar-refractivity contribution in [3.8, 4) is 11.1 Å². The van der Waals surface area contributed by atoms with E-state index in [0.29, 0.717) is 19.7 Å². The third-order valence-corrected chi connectivity index (χ3v) is 6.02. The van der Waals surface area contributed by atoms with Crippen LogP contribution in [0.15, 0.2) is 36.4 Å². The lowest BCUT2D eigenvalue weighted by Gasteiger charge is -2.31. The summed E-state index contributed by atoms with van der Waals surface area (Å²) in [6, 6.07) is 12.4. The highest BCUT2D eigenvalue weighted by Crippen LogP contribution is 2.40. The van der Waals surface area contributed by atoms with Crippen molar-refractivity contribution in [3.63, 3.8) is 0 Å². The van der Waals surface area contributed by atoms with Crippen LogP contribution in [-0.4, -0.2) is 62.9 Å². The molecule has 0 spiro atoms. The van der Waals surface area contributed by atoms with Crippen molar-refractivity contribution in [1.82, 2.24) is 4.90 Å². The fourth-order valence-electron chi connectivity index (χ4n) is 3.47. The molecule has 1 aromatic heterocycles. The van der Waals surface area contributed by atoms with Crippen molar-refractivity contribution in [2.24, 2.45) is 0 Å². The first-order valence-corrected chi connectivity index (χ1v) is 9.97. The molecule has 1 atom stereocenters. The number of carbonyl (C=O) groups is 1. The average Bonchev–Trinajstić information content (AvgIpc) is 3.14. The number of hydrogen-bond donors (Lipinski definition) is 0. The zero-order valence-electron chi connectivity index (χ0n) is 15.0. The molecule has 2 aliphatic heterocycles. The molecule has 1 amide bonds.